The molecule has 1 fully saturated rings. The van der Waals surface area contributed by atoms with Gasteiger partial charge in [-0.05, 0) is 61.7 Å². The Labute approximate surface area is 254 Å². The van der Waals surface area contributed by atoms with Crippen LogP contribution in [0.1, 0.15) is 30.5 Å². The zero-order valence-corrected chi connectivity index (χ0v) is 24.6. The largest absolute Gasteiger partial charge is 0.496 e. The molecule has 3 heterocycles. The number of benzene rings is 2. The summed E-state index contributed by atoms with van der Waals surface area (Å²) in [6.07, 6.45) is 0.0439. The van der Waals surface area contributed by atoms with Crippen LogP contribution in [-0.2, 0) is 11.3 Å². The van der Waals surface area contributed by atoms with Gasteiger partial charge in [-0.25, -0.2) is 32.5 Å². The average molecular weight is 625 g/mol. The van der Waals surface area contributed by atoms with E-state index in [2.05, 4.69) is 37.6 Å². The summed E-state index contributed by atoms with van der Waals surface area (Å²) in [5, 5.41) is 4.84. The molecule has 1 saturated carbocycles. The molecule has 228 valence electrons. The molecule has 44 heavy (non-hydrogen) atoms. The molecule has 0 bridgehead atoms. The van der Waals surface area contributed by atoms with Crippen LogP contribution < -0.4 is 10.5 Å². The van der Waals surface area contributed by atoms with Gasteiger partial charge in [-0.3, -0.25) is 4.68 Å². The van der Waals surface area contributed by atoms with E-state index >= 15 is 0 Å². The van der Waals surface area contributed by atoms with Crippen LogP contribution in [0, 0.1) is 17.8 Å². The predicted molar refractivity (Wildman–Crippen MR) is 162 cm³/mol. The van der Waals surface area contributed by atoms with Gasteiger partial charge < -0.3 is 15.3 Å². The monoisotopic (exact) mass is 624 g/mol. The van der Waals surface area contributed by atoms with Crippen molar-refractivity contribution in [3.8, 4) is 50.5 Å². The first-order valence-electron chi connectivity index (χ1n) is 13.3. The highest BCUT2D eigenvalue weighted by Crippen LogP contribution is 2.42. The topological polar surface area (TPSA) is 109 Å². The SMILES string of the molecule is C=O.CN.COc1ccc(C(F)F)cc1-c1cc(-c2ccn(CC(F)F)n2)ccc1-c1nc2ncc(C#CC3CC3)nc2s1. The van der Waals surface area contributed by atoms with E-state index in [-0.39, 0.29) is 5.56 Å². The maximum atomic E-state index is 13.7. The van der Waals surface area contributed by atoms with Crippen molar-refractivity contribution in [2.75, 3.05) is 14.2 Å². The van der Waals surface area contributed by atoms with E-state index in [0.29, 0.717) is 60.8 Å². The maximum Gasteiger partial charge on any atom is 0.263 e. The molecule has 0 unspecified atom stereocenters. The molecular weight excluding hydrogens is 596 g/mol. The van der Waals surface area contributed by atoms with Crippen LogP contribution in [0.4, 0.5) is 17.6 Å². The fourth-order valence-electron chi connectivity index (χ4n) is 4.24. The highest BCUT2D eigenvalue weighted by Gasteiger charge is 2.21. The molecule has 6 rings (SSSR count). The highest BCUT2D eigenvalue weighted by molar-refractivity contribution is 7.21. The second kappa shape index (κ2) is 14.7. The summed E-state index contributed by atoms with van der Waals surface area (Å²) in [5.74, 6) is 7.06. The van der Waals surface area contributed by atoms with E-state index in [1.165, 1.54) is 54.6 Å². The van der Waals surface area contributed by atoms with Crippen LogP contribution in [0.25, 0.3) is 43.4 Å². The number of alkyl halides is 4. The van der Waals surface area contributed by atoms with Gasteiger partial charge in [0.15, 0.2) is 10.5 Å². The molecule has 1 aliphatic carbocycles. The molecule has 0 saturated heterocycles. The Kier molecular flexibility index (Phi) is 10.8. The smallest absolute Gasteiger partial charge is 0.263 e. The Morgan fingerprint density at radius 3 is 2.50 bits per heavy atom. The molecule has 0 aliphatic heterocycles. The molecule has 0 radical (unpaired) electrons. The summed E-state index contributed by atoms with van der Waals surface area (Å²) < 4.78 is 59.9. The second-order valence-electron chi connectivity index (χ2n) is 9.28. The predicted octanol–water partition coefficient (Wildman–Crippen LogP) is 6.65. The standard InChI is InChI=1S/C29H21F4N5OS.CH5N.CH2O/c1-39-24-9-6-18(26(32)33)13-22(24)21-12-17(23-10-11-38(37-23)15-25(30)31)5-8-20(21)28-36-27-29(40-28)35-19(14-34-27)7-4-16-2-3-16;2*1-2/h5-6,8-14,16,25-26H,2-3,15H2,1H3;2H2,1H3;1H2. The summed E-state index contributed by atoms with van der Waals surface area (Å²) >= 11 is 1.32. The number of hydrogen-bond donors (Lipinski definition) is 1. The number of nitrogens with two attached hydrogens (primary N) is 1. The first-order chi connectivity index (χ1) is 21.4. The van der Waals surface area contributed by atoms with E-state index in [1.54, 1.807) is 30.5 Å². The van der Waals surface area contributed by atoms with Gasteiger partial charge >= 0.3 is 0 Å². The van der Waals surface area contributed by atoms with Crippen molar-refractivity contribution in [1.29, 1.82) is 0 Å². The van der Waals surface area contributed by atoms with Crippen molar-refractivity contribution >= 4 is 28.6 Å². The van der Waals surface area contributed by atoms with E-state index in [4.69, 9.17) is 9.53 Å². The normalized spacial score (nSPS) is 12.2. The number of nitrogens with zero attached hydrogens (tertiary/aromatic N) is 5. The van der Waals surface area contributed by atoms with Crippen LogP contribution in [0.3, 0.4) is 0 Å². The summed E-state index contributed by atoms with van der Waals surface area (Å²) in [6.45, 7) is 1.47. The van der Waals surface area contributed by atoms with Gasteiger partial charge in [0.1, 0.15) is 29.8 Å². The van der Waals surface area contributed by atoms with Gasteiger partial charge in [-0.2, -0.15) is 5.10 Å². The molecule has 0 spiro atoms. The lowest BCUT2D eigenvalue weighted by Crippen LogP contribution is -2.06. The molecule has 2 N–H and O–H groups in total. The minimum absolute atomic E-state index is 0.167. The molecule has 1 aliphatic rings. The van der Waals surface area contributed by atoms with Gasteiger partial charge in [-0.15, -0.1) is 0 Å². The van der Waals surface area contributed by atoms with Crippen LogP contribution in [-0.4, -0.2) is 52.1 Å². The zero-order valence-electron chi connectivity index (χ0n) is 23.8. The Morgan fingerprint density at radius 2 is 1.82 bits per heavy atom. The van der Waals surface area contributed by atoms with E-state index < -0.39 is 19.4 Å². The molecule has 2 aromatic carbocycles. The van der Waals surface area contributed by atoms with E-state index in [0.717, 1.165) is 12.8 Å². The number of ether oxygens (including phenoxy) is 1. The van der Waals surface area contributed by atoms with Gasteiger partial charge in [0, 0.05) is 34.4 Å². The van der Waals surface area contributed by atoms with Crippen LogP contribution in [0.5, 0.6) is 5.75 Å². The molecule has 5 aromatic rings. The molecule has 8 nitrogen and oxygen atoms in total. The van der Waals surface area contributed by atoms with Crippen molar-refractivity contribution in [3.63, 3.8) is 0 Å². The first-order valence-corrected chi connectivity index (χ1v) is 14.1. The minimum atomic E-state index is -2.69. The van der Waals surface area contributed by atoms with Crippen LogP contribution in [0.15, 0.2) is 54.9 Å². The molecule has 3 aromatic heterocycles. The van der Waals surface area contributed by atoms with Crippen molar-refractivity contribution in [1.82, 2.24) is 24.7 Å². The van der Waals surface area contributed by atoms with Crippen LogP contribution in [0.2, 0.25) is 0 Å². The highest BCUT2D eigenvalue weighted by atomic mass is 32.1. The van der Waals surface area contributed by atoms with Gasteiger partial charge in [0.05, 0.1) is 19.0 Å². The fourth-order valence-corrected chi connectivity index (χ4v) is 5.18. The Morgan fingerprint density at radius 1 is 1.05 bits per heavy atom. The van der Waals surface area contributed by atoms with Crippen molar-refractivity contribution < 1.29 is 27.1 Å². The maximum absolute atomic E-state index is 13.7. The number of rotatable bonds is 7. The van der Waals surface area contributed by atoms with Crippen molar-refractivity contribution in [2.45, 2.75) is 32.2 Å². The fraction of sp³-hybridized carbons (Fsp3) is 0.258. The minimum Gasteiger partial charge on any atom is -0.496 e. The number of hydrogen-bond acceptors (Lipinski definition) is 8. The molecule has 13 heteroatoms. The molecule has 0 amide bonds. The summed E-state index contributed by atoms with van der Waals surface area (Å²) in [6, 6.07) is 11.2. The zero-order chi connectivity index (χ0) is 31.8. The van der Waals surface area contributed by atoms with Gasteiger partial charge in [0.2, 0.25) is 0 Å². The third kappa shape index (κ3) is 7.45. The van der Waals surface area contributed by atoms with E-state index in [9.17, 15) is 17.6 Å². The lowest BCUT2D eigenvalue weighted by Gasteiger charge is -2.15. The summed E-state index contributed by atoms with van der Waals surface area (Å²) in [4.78, 5) is 22.3. The third-order valence-electron chi connectivity index (χ3n) is 6.38. The number of fused-ring (bicyclic) bond motifs is 1. The summed E-state index contributed by atoms with van der Waals surface area (Å²) in [7, 11) is 2.96. The number of aromatic nitrogens is 5. The number of methoxy groups -OCH3 is 1. The summed E-state index contributed by atoms with van der Waals surface area (Å²) in [5.41, 5.74) is 8.07. The Balaban J connectivity index is 0.00000106. The lowest BCUT2D eigenvalue weighted by atomic mass is 9.94. The van der Waals surface area contributed by atoms with Gasteiger partial charge in [-0.1, -0.05) is 29.4 Å². The van der Waals surface area contributed by atoms with Crippen molar-refractivity contribution in [2.24, 2.45) is 11.7 Å². The third-order valence-corrected chi connectivity index (χ3v) is 7.35. The quantitative estimate of drug-likeness (QED) is 0.160. The first kappa shape index (κ1) is 32.2. The second-order valence-corrected chi connectivity index (χ2v) is 10.3. The Bertz CT molecular complexity index is 1790. The van der Waals surface area contributed by atoms with Crippen molar-refractivity contribution in [3.05, 3.63) is 66.1 Å². The van der Waals surface area contributed by atoms with E-state index in [1.807, 2.05) is 6.79 Å². The number of thiazole rings is 1. The number of carbonyl (C=O) groups is 1. The average Bonchev–Trinajstić information content (AvgIpc) is 3.60. The number of halogens is 4. The molecule has 0 atom stereocenters. The van der Waals surface area contributed by atoms with Gasteiger partial charge in [0.25, 0.3) is 12.9 Å². The molecular formula is C31H28F4N6O2S. The van der Waals surface area contributed by atoms with Crippen LogP contribution >= 0.6 is 11.3 Å². The Hall–Kier alpha value is -4.67. The number of carbonyl (C=O) groups excluding carboxylic acids is 1. The lowest BCUT2D eigenvalue weighted by molar-refractivity contribution is -0.0980.